The quantitative estimate of drug-likeness (QED) is 0.872. The van der Waals surface area contributed by atoms with Gasteiger partial charge in [0.25, 0.3) is 5.91 Å². The zero-order valence-corrected chi connectivity index (χ0v) is 16.3. The Morgan fingerprint density at radius 3 is 2.42 bits per heavy atom. The lowest BCUT2D eigenvalue weighted by Gasteiger charge is -2.56. The van der Waals surface area contributed by atoms with Crippen LogP contribution < -0.4 is 5.73 Å². The predicted molar refractivity (Wildman–Crippen MR) is 103 cm³/mol. The molecule has 2 aliphatic carbocycles. The monoisotopic (exact) mass is 379 g/mol. The number of nitrogens with zero attached hydrogens (tertiary/aromatic N) is 2. The van der Waals surface area contributed by atoms with E-state index < -0.39 is 5.91 Å². The van der Waals surface area contributed by atoms with Crippen LogP contribution in [-0.2, 0) is 10.3 Å². The number of carbonyl (C=O) groups excluding carboxylic acids is 1. The second-order valence-electron chi connectivity index (χ2n) is 8.01. The molecule has 0 aromatic carbocycles. The fourth-order valence-corrected chi connectivity index (χ4v) is 5.77. The molecule has 2 N–H and O–H groups in total. The summed E-state index contributed by atoms with van der Waals surface area (Å²) in [5, 5.41) is 0. The van der Waals surface area contributed by atoms with Gasteiger partial charge in [-0.3, -0.25) is 14.7 Å². The van der Waals surface area contributed by atoms with Crippen molar-refractivity contribution in [1.29, 1.82) is 0 Å². The van der Waals surface area contributed by atoms with Crippen molar-refractivity contribution in [2.45, 2.75) is 56.6 Å². The van der Waals surface area contributed by atoms with Crippen LogP contribution in [0.2, 0.25) is 0 Å². The molecule has 4 rings (SSSR count). The molecule has 0 unspecified atom stereocenters. The minimum atomic E-state index is -0.471. The number of amides is 1. The van der Waals surface area contributed by atoms with E-state index in [1.165, 1.54) is 44.9 Å². The van der Waals surface area contributed by atoms with Crippen LogP contribution in [0.4, 0.5) is 0 Å². The van der Waals surface area contributed by atoms with Gasteiger partial charge in [-0.05, 0) is 43.4 Å². The van der Waals surface area contributed by atoms with Crippen molar-refractivity contribution in [3.05, 3.63) is 29.6 Å². The normalized spacial score (nSPS) is 32.2. The highest BCUT2D eigenvalue weighted by Crippen LogP contribution is 2.52. The zero-order chi connectivity index (χ0) is 17.4. The molecule has 3 aliphatic rings. The summed E-state index contributed by atoms with van der Waals surface area (Å²) in [5.41, 5.74) is 6.58. The third-order valence-electron chi connectivity index (χ3n) is 6.87. The van der Waals surface area contributed by atoms with Gasteiger partial charge >= 0.3 is 0 Å². The number of rotatable bonds is 4. The molecule has 1 saturated heterocycles. The van der Waals surface area contributed by atoms with Gasteiger partial charge in [-0.15, -0.1) is 12.4 Å². The van der Waals surface area contributed by atoms with Crippen LogP contribution >= 0.6 is 12.4 Å². The van der Waals surface area contributed by atoms with Crippen LogP contribution in [0.5, 0.6) is 0 Å². The molecule has 3 fully saturated rings. The van der Waals surface area contributed by atoms with Gasteiger partial charge in [-0.1, -0.05) is 19.3 Å². The molecule has 26 heavy (non-hydrogen) atoms. The Balaban J connectivity index is 0.00000196. The minimum Gasteiger partial charge on any atom is -0.373 e. The molecule has 144 valence electrons. The third kappa shape index (κ3) is 3.14. The number of fused-ring (bicyclic) bond motifs is 2. The van der Waals surface area contributed by atoms with E-state index in [4.69, 9.17) is 10.5 Å². The number of hydrogen-bond donors (Lipinski definition) is 1. The van der Waals surface area contributed by atoms with E-state index in [2.05, 4.69) is 9.88 Å². The number of nitrogens with two attached hydrogens (primary N) is 1. The number of primary amides is 1. The smallest absolute Gasteiger partial charge is 0.267 e. The van der Waals surface area contributed by atoms with Crippen molar-refractivity contribution in [1.82, 2.24) is 9.88 Å². The zero-order valence-electron chi connectivity index (χ0n) is 15.5. The summed E-state index contributed by atoms with van der Waals surface area (Å²) >= 11 is 0. The number of ether oxygens (including phenoxy) is 1. The Labute approximate surface area is 162 Å². The third-order valence-corrected chi connectivity index (χ3v) is 6.87. The van der Waals surface area contributed by atoms with Crippen LogP contribution in [-0.4, -0.2) is 42.0 Å². The predicted octanol–water partition coefficient (Wildman–Crippen LogP) is 3.12. The maximum Gasteiger partial charge on any atom is 0.267 e. The molecule has 5 nitrogen and oxygen atoms in total. The number of piperidine rings is 1. The van der Waals surface area contributed by atoms with Gasteiger partial charge in [0.05, 0.1) is 0 Å². The Morgan fingerprint density at radius 1 is 1.19 bits per heavy atom. The standard InChI is InChI=1S/C20H29N3O2.ClH/c1-25-20(14-9-10-22-18(11-14)19(21)24)15-5-4-6-16(20)13-23(12-15)17-7-2-3-8-17;/h9-11,15-17H,2-8,12-13H2,1H3,(H2,21,24);1H/t15-,16+,20-;. The Morgan fingerprint density at radius 2 is 1.85 bits per heavy atom. The average molecular weight is 380 g/mol. The summed E-state index contributed by atoms with van der Waals surface area (Å²) in [4.78, 5) is 18.5. The number of likely N-dealkylation sites (tertiary alicyclic amines) is 1. The molecule has 0 spiro atoms. The van der Waals surface area contributed by atoms with Crippen molar-refractivity contribution in [2.75, 3.05) is 20.2 Å². The van der Waals surface area contributed by atoms with Gasteiger partial charge in [0.2, 0.25) is 0 Å². The van der Waals surface area contributed by atoms with Crippen molar-refractivity contribution in [3.8, 4) is 0 Å². The van der Waals surface area contributed by atoms with E-state index in [1.807, 2.05) is 19.2 Å². The van der Waals surface area contributed by atoms with Crippen LogP contribution in [0, 0.1) is 11.8 Å². The van der Waals surface area contributed by atoms with Crippen molar-refractivity contribution in [3.63, 3.8) is 0 Å². The van der Waals surface area contributed by atoms with E-state index in [0.29, 0.717) is 17.5 Å². The van der Waals surface area contributed by atoms with Gasteiger partial charge in [0, 0.05) is 44.3 Å². The fourth-order valence-electron chi connectivity index (χ4n) is 5.77. The maximum absolute atomic E-state index is 11.6. The highest BCUT2D eigenvalue weighted by molar-refractivity contribution is 5.90. The number of carbonyl (C=O) groups is 1. The Kier molecular flexibility index (Phi) is 5.90. The summed E-state index contributed by atoms with van der Waals surface area (Å²) in [7, 11) is 1.83. The SMILES string of the molecule is CO[C@]1(c2ccnc(C(N)=O)c2)[C@@H]2CCC[C@H]1CN(C1CCCC1)C2.Cl. The molecule has 6 heteroatoms. The molecular formula is C20H30ClN3O2. The van der Waals surface area contributed by atoms with Crippen molar-refractivity contribution >= 4 is 18.3 Å². The number of hydrogen-bond acceptors (Lipinski definition) is 4. The first-order valence-electron chi connectivity index (χ1n) is 9.70. The van der Waals surface area contributed by atoms with Crippen LogP contribution in [0.15, 0.2) is 18.3 Å². The Bertz CT molecular complexity index is 634. The van der Waals surface area contributed by atoms with Crippen molar-refractivity contribution < 1.29 is 9.53 Å². The number of aromatic nitrogens is 1. The summed E-state index contributed by atoms with van der Waals surface area (Å²) in [6.45, 7) is 2.20. The number of halogens is 1. The van der Waals surface area contributed by atoms with Crippen LogP contribution in [0.25, 0.3) is 0 Å². The highest BCUT2D eigenvalue weighted by Gasteiger charge is 2.54. The molecule has 1 aliphatic heterocycles. The highest BCUT2D eigenvalue weighted by atomic mass is 35.5. The summed E-state index contributed by atoms with van der Waals surface area (Å²) in [6, 6.07) is 4.64. The Hall–Kier alpha value is -1.17. The van der Waals surface area contributed by atoms with Gasteiger partial charge < -0.3 is 10.5 Å². The van der Waals surface area contributed by atoms with Gasteiger partial charge in [-0.25, -0.2) is 0 Å². The summed E-state index contributed by atoms with van der Waals surface area (Å²) in [5.74, 6) is 0.462. The van der Waals surface area contributed by atoms with Gasteiger partial charge in [0.15, 0.2) is 0 Å². The second kappa shape index (κ2) is 7.83. The molecule has 2 saturated carbocycles. The first-order valence-corrected chi connectivity index (χ1v) is 9.70. The average Bonchev–Trinajstić information content (AvgIpc) is 3.15. The summed E-state index contributed by atoms with van der Waals surface area (Å²) < 4.78 is 6.27. The molecule has 1 amide bonds. The first kappa shape index (κ1) is 19.6. The lowest BCUT2D eigenvalue weighted by atomic mass is 9.62. The second-order valence-corrected chi connectivity index (χ2v) is 8.01. The lowest BCUT2D eigenvalue weighted by Crippen LogP contribution is -2.60. The maximum atomic E-state index is 11.6. The molecule has 2 heterocycles. The molecule has 3 atom stereocenters. The molecule has 2 bridgehead atoms. The van der Waals surface area contributed by atoms with Crippen LogP contribution in [0.3, 0.4) is 0 Å². The molecular weight excluding hydrogens is 350 g/mol. The van der Waals surface area contributed by atoms with Crippen LogP contribution in [0.1, 0.15) is 61.0 Å². The topological polar surface area (TPSA) is 68.5 Å². The largest absolute Gasteiger partial charge is 0.373 e. The van der Waals surface area contributed by atoms with E-state index in [9.17, 15) is 4.79 Å². The number of methoxy groups -OCH3 is 1. The molecule has 1 aromatic heterocycles. The van der Waals surface area contributed by atoms with E-state index in [0.717, 1.165) is 24.7 Å². The summed E-state index contributed by atoms with van der Waals surface area (Å²) in [6.07, 6.45) is 10.8. The van der Waals surface area contributed by atoms with Crippen molar-refractivity contribution in [2.24, 2.45) is 17.6 Å². The minimum absolute atomic E-state index is 0. The molecule has 1 aromatic rings. The first-order chi connectivity index (χ1) is 12.1. The van der Waals surface area contributed by atoms with E-state index in [-0.39, 0.29) is 18.0 Å². The number of pyridine rings is 1. The van der Waals surface area contributed by atoms with E-state index in [1.54, 1.807) is 6.20 Å². The fraction of sp³-hybridized carbons (Fsp3) is 0.700. The lowest BCUT2D eigenvalue weighted by molar-refractivity contribution is -0.174. The van der Waals surface area contributed by atoms with Gasteiger partial charge in [-0.2, -0.15) is 0 Å². The van der Waals surface area contributed by atoms with E-state index >= 15 is 0 Å². The van der Waals surface area contributed by atoms with Gasteiger partial charge in [0.1, 0.15) is 11.3 Å². The molecule has 0 radical (unpaired) electrons.